The monoisotopic (exact) mass is 344 g/mol. The average molecular weight is 344 g/mol. The van der Waals surface area contributed by atoms with E-state index in [1.54, 1.807) is 43.6 Å². The van der Waals surface area contributed by atoms with E-state index in [9.17, 15) is 8.42 Å². The van der Waals surface area contributed by atoms with Gasteiger partial charge in [0.15, 0.2) is 0 Å². The van der Waals surface area contributed by atoms with Crippen molar-refractivity contribution in [3.05, 3.63) is 60.3 Å². The average Bonchev–Trinajstić information content (AvgIpc) is 2.55. The van der Waals surface area contributed by atoms with Gasteiger partial charge in [-0.1, -0.05) is 12.1 Å². The third-order valence-corrected chi connectivity index (χ3v) is 4.16. The number of hydrogen-bond acceptors (Lipinski definition) is 5. The molecule has 0 aliphatic heterocycles. The van der Waals surface area contributed by atoms with Gasteiger partial charge in [-0.15, -0.1) is 0 Å². The van der Waals surface area contributed by atoms with Crippen LogP contribution < -0.4 is 14.6 Å². The first-order valence-electron chi connectivity index (χ1n) is 7.15. The highest BCUT2D eigenvalue weighted by atomic mass is 32.2. The molecule has 0 amide bonds. The molecule has 0 spiro atoms. The summed E-state index contributed by atoms with van der Waals surface area (Å²) in [5, 5.41) is 5.89. The number of methoxy groups -OCH3 is 1. The van der Waals surface area contributed by atoms with Crippen molar-refractivity contribution in [2.75, 3.05) is 7.11 Å². The zero-order valence-corrected chi connectivity index (χ0v) is 13.8. The summed E-state index contributed by atoms with van der Waals surface area (Å²) in [5.74, 6) is 1.77. The van der Waals surface area contributed by atoms with E-state index >= 15 is 0 Å². The summed E-state index contributed by atoms with van der Waals surface area (Å²) in [6.07, 6.45) is 1.66. The molecule has 0 fully saturated rings. The van der Waals surface area contributed by atoms with Crippen LogP contribution in [0.2, 0.25) is 0 Å². The highest BCUT2D eigenvalue weighted by Gasteiger charge is 2.08. The summed E-state index contributed by atoms with van der Waals surface area (Å²) in [7, 11) is -1.94. The first kappa shape index (κ1) is 16.2. The molecule has 3 rings (SSSR count). The van der Waals surface area contributed by atoms with Gasteiger partial charge in [-0.3, -0.25) is 4.98 Å². The van der Waals surface area contributed by atoms with Crippen LogP contribution in [-0.2, 0) is 15.8 Å². The van der Waals surface area contributed by atoms with Crippen LogP contribution in [0.25, 0.3) is 10.9 Å². The molecule has 6 nitrogen and oxygen atoms in total. The Morgan fingerprint density at radius 2 is 1.75 bits per heavy atom. The lowest BCUT2D eigenvalue weighted by Gasteiger charge is -2.10. The van der Waals surface area contributed by atoms with Crippen LogP contribution in [0.15, 0.2) is 54.7 Å². The van der Waals surface area contributed by atoms with Gasteiger partial charge in [-0.25, -0.2) is 13.6 Å². The van der Waals surface area contributed by atoms with E-state index in [-0.39, 0.29) is 5.75 Å². The fraction of sp³-hybridized carbons (Fsp3) is 0.118. The zero-order valence-electron chi connectivity index (χ0n) is 13.0. The third kappa shape index (κ3) is 3.81. The largest absolute Gasteiger partial charge is 0.497 e. The predicted molar refractivity (Wildman–Crippen MR) is 91.6 cm³/mol. The number of rotatable bonds is 5. The maximum absolute atomic E-state index is 11.1. The standard InChI is InChI=1S/C17H16N2O4S/c1-22-14-6-7-15-16(10-14)19-9-8-17(15)23-13-4-2-12(3-5-13)11-24(18,20)21/h2-10H,11H2,1H3,(H2,18,20,21). The molecular formula is C17H16N2O4S. The summed E-state index contributed by atoms with van der Waals surface area (Å²) < 4.78 is 33.3. The van der Waals surface area contributed by atoms with Crippen molar-refractivity contribution < 1.29 is 17.9 Å². The molecule has 7 heteroatoms. The maximum Gasteiger partial charge on any atom is 0.213 e. The van der Waals surface area contributed by atoms with Gasteiger partial charge in [0.25, 0.3) is 0 Å². The lowest BCUT2D eigenvalue weighted by Crippen LogP contribution is -2.14. The summed E-state index contributed by atoms with van der Waals surface area (Å²) in [6.45, 7) is 0. The Hall–Kier alpha value is -2.64. The molecule has 2 N–H and O–H groups in total. The third-order valence-electron chi connectivity index (χ3n) is 3.43. The number of fused-ring (bicyclic) bond motifs is 1. The normalized spacial score (nSPS) is 11.4. The minimum Gasteiger partial charge on any atom is -0.497 e. The van der Waals surface area contributed by atoms with Crippen LogP contribution in [0, 0.1) is 0 Å². The van der Waals surface area contributed by atoms with E-state index < -0.39 is 10.0 Å². The number of sulfonamides is 1. The molecule has 0 radical (unpaired) electrons. The quantitative estimate of drug-likeness (QED) is 0.768. The highest BCUT2D eigenvalue weighted by Crippen LogP contribution is 2.30. The van der Waals surface area contributed by atoms with Gasteiger partial charge in [0.2, 0.25) is 10.0 Å². The number of ether oxygens (including phenoxy) is 2. The number of benzene rings is 2. The second kappa shape index (κ2) is 6.46. The number of nitrogens with two attached hydrogens (primary N) is 1. The molecule has 0 saturated heterocycles. The Morgan fingerprint density at radius 3 is 2.42 bits per heavy atom. The molecule has 3 aromatic rings. The van der Waals surface area contributed by atoms with Crippen molar-refractivity contribution in [1.82, 2.24) is 4.98 Å². The van der Waals surface area contributed by atoms with Gasteiger partial charge >= 0.3 is 0 Å². The Kier molecular flexibility index (Phi) is 4.37. The second-order valence-electron chi connectivity index (χ2n) is 5.25. The maximum atomic E-state index is 11.1. The Labute approximate surface area is 139 Å². The molecule has 0 unspecified atom stereocenters. The van der Waals surface area contributed by atoms with Crippen molar-refractivity contribution in [1.29, 1.82) is 0 Å². The van der Waals surface area contributed by atoms with Crippen LogP contribution in [0.5, 0.6) is 17.2 Å². The minimum absolute atomic E-state index is 0.203. The first-order chi connectivity index (χ1) is 11.4. The van der Waals surface area contributed by atoms with Gasteiger partial charge in [0, 0.05) is 17.6 Å². The molecule has 0 atom stereocenters. The van der Waals surface area contributed by atoms with Gasteiger partial charge < -0.3 is 9.47 Å². The van der Waals surface area contributed by atoms with Crippen molar-refractivity contribution in [3.8, 4) is 17.2 Å². The van der Waals surface area contributed by atoms with Crippen molar-refractivity contribution in [2.45, 2.75) is 5.75 Å². The van der Waals surface area contributed by atoms with E-state index in [1.165, 1.54) is 0 Å². The highest BCUT2D eigenvalue weighted by molar-refractivity contribution is 7.88. The molecule has 2 aromatic carbocycles. The lowest BCUT2D eigenvalue weighted by molar-refractivity contribution is 0.415. The number of primary sulfonamides is 1. The molecule has 0 aliphatic rings. The SMILES string of the molecule is COc1ccc2c(Oc3ccc(CS(N)(=O)=O)cc3)ccnc2c1. The van der Waals surface area contributed by atoms with E-state index in [0.29, 0.717) is 17.1 Å². The lowest BCUT2D eigenvalue weighted by atomic mass is 10.2. The van der Waals surface area contributed by atoms with E-state index in [2.05, 4.69) is 4.98 Å². The molecule has 1 aromatic heterocycles. The summed E-state index contributed by atoms with van der Waals surface area (Å²) in [5.41, 5.74) is 1.37. The fourth-order valence-corrected chi connectivity index (χ4v) is 2.99. The number of aromatic nitrogens is 1. The number of pyridine rings is 1. The van der Waals surface area contributed by atoms with Crippen LogP contribution >= 0.6 is 0 Å². The topological polar surface area (TPSA) is 91.5 Å². The number of nitrogens with zero attached hydrogens (tertiary/aromatic N) is 1. The molecule has 124 valence electrons. The van der Waals surface area contributed by atoms with Gasteiger partial charge in [0.1, 0.15) is 17.2 Å². The van der Waals surface area contributed by atoms with Crippen LogP contribution in [0.4, 0.5) is 0 Å². The van der Waals surface area contributed by atoms with Crippen molar-refractivity contribution in [3.63, 3.8) is 0 Å². The van der Waals surface area contributed by atoms with Crippen LogP contribution in [0.3, 0.4) is 0 Å². The smallest absolute Gasteiger partial charge is 0.213 e. The van der Waals surface area contributed by atoms with E-state index in [0.717, 1.165) is 16.7 Å². The molecule has 0 bridgehead atoms. The minimum atomic E-state index is -3.55. The van der Waals surface area contributed by atoms with E-state index in [1.807, 2.05) is 18.2 Å². The summed E-state index contributed by atoms with van der Waals surface area (Å²) >= 11 is 0. The van der Waals surface area contributed by atoms with Gasteiger partial charge in [-0.2, -0.15) is 0 Å². The van der Waals surface area contributed by atoms with Gasteiger partial charge in [0.05, 0.1) is 18.4 Å². The fourth-order valence-electron chi connectivity index (χ4n) is 2.33. The van der Waals surface area contributed by atoms with Crippen molar-refractivity contribution in [2.24, 2.45) is 5.14 Å². The van der Waals surface area contributed by atoms with Crippen LogP contribution in [0.1, 0.15) is 5.56 Å². The Bertz CT molecular complexity index is 970. The molecule has 0 aliphatic carbocycles. The summed E-state index contributed by atoms with van der Waals surface area (Å²) in [6, 6.07) is 14.1. The van der Waals surface area contributed by atoms with Crippen molar-refractivity contribution >= 4 is 20.9 Å². The molecule has 1 heterocycles. The Morgan fingerprint density at radius 1 is 1.04 bits per heavy atom. The van der Waals surface area contributed by atoms with Crippen LogP contribution in [-0.4, -0.2) is 20.5 Å². The molecule has 24 heavy (non-hydrogen) atoms. The predicted octanol–water partition coefficient (Wildman–Crippen LogP) is 2.82. The van der Waals surface area contributed by atoms with Gasteiger partial charge in [-0.05, 0) is 35.9 Å². The second-order valence-corrected chi connectivity index (χ2v) is 6.86. The molecular weight excluding hydrogens is 328 g/mol. The molecule has 0 saturated carbocycles. The van der Waals surface area contributed by atoms with E-state index in [4.69, 9.17) is 14.6 Å². The number of hydrogen-bond donors (Lipinski definition) is 1. The Balaban J connectivity index is 1.87. The zero-order chi connectivity index (χ0) is 17.2. The first-order valence-corrected chi connectivity index (χ1v) is 8.86. The summed E-state index contributed by atoms with van der Waals surface area (Å²) in [4.78, 5) is 4.31.